The first-order valence-electron chi connectivity index (χ1n) is 9.18. The third kappa shape index (κ3) is 4.84. The molecule has 0 amide bonds. The average molecular weight is 425 g/mol. The minimum absolute atomic E-state index is 0.0164. The average Bonchev–Trinajstić information content (AvgIpc) is 2.75. The van der Waals surface area contributed by atoms with E-state index in [0.717, 1.165) is 11.1 Å². The fraction of sp³-hybridized carbons (Fsp3) is 0.125. The minimum atomic E-state index is -3.93. The minimum Gasteiger partial charge on any atom is -0.293 e. The van der Waals surface area contributed by atoms with Gasteiger partial charge in [-0.05, 0) is 36.6 Å². The van der Waals surface area contributed by atoms with Gasteiger partial charge in [-0.15, -0.1) is 0 Å². The molecular weight excluding hydrogens is 404 g/mol. The number of carbonyl (C=O) groups is 1. The SMILES string of the molecule is Cc1ccc(S(=O)(=O)[C@@H](C/C(=C\Cl)c2ccccc2)C(=O)c2ccccc2)cc1. The Kier molecular flexibility index (Phi) is 6.68. The van der Waals surface area contributed by atoms with Crippen LogP contribution in [-0.2, 0) is 9.84 Å². The normalized spacial score (nSPS) is 13.1. The van der Waals surface area contributed by atoms with E-state index in [1.54, 1.807) is 54.6 Å². The number of carbonyl (C=O) groups excluding carboxylic acids is 1. The number of allylic oxidation sites excluding steroid dienone is 1. The molecule has 0 aromatic heterocycles. The van der Waals surface area contributed by atoms with Gasteiger partial charge in [-0.2, -0.15) is 0 Å². The number of sulfone groups is 1. The summed E-state index contributed by atoms with van der Waals surface area (Å²) >= 11 is 6.05. The maximum atomic E-state index is 13.5. The predicted octanol–water partition coefficient (Wildman–Crippen LogP) is 5.69. The second-order valence-electron chi connectivity index (χ2n) is 6.78. The zero-order chi connectivity index (χ0) is 20.9. The lowest BCUT2D eigenvalue weighted by Gasteiger charge is -2.19. The van der Waals surface area contributed by atoms with Crippen molar-refractivity contribution in [3.8, 4) is 0 Å². The molecule has 0 aliphatic rings. The van der Waals surface area contributed by atoms with E-state index in [9.17, 15) is 13.2 Å². The number of Topliss-reactive ketones (excluding diaryl/α,β-unsaturated/α-hetero) is 1. The van der Waals surface area contributed by atoms with E-state index in [1.165, 1.54) is 5.54 Å². The molecule has 0 bridgehead atoms. The lowest BCUT2D eigenvalue weighted by molar-refractivity contribution is 0.0987. The first-order valence-corrected chi connectivity index (χ1v) is 11.2. The van der Waals surface area contributed by atoms with Gasteiger partial charge >= 0.3 is 0 Å². The monoisotopic (exact) mass is 424 g/mol. The van der Waals surface area contributed by atoms with Gasteiger partial charge in [0.25, 0.3) is 0 Å². The van der Waals surface area contributed by atoms with Gasteiger partial charge in [-0.25, -0.2) is 8.42 Å². The fourth-order valence-electron chi connectivity index (χ4n) is 3.10. The van der Waals surface area contributed by atoms with E-state index >= 15 is 0 Å². The molecule has 0 radical (unpaired) electrons. The van der Waals surface area contributed by atoms with Crippen LogP contribution in [0.25, 0.3) is 5.57 Å². The third-order valence-corrected chi connectivity index (χ3v) is 7.08. The van der Waals surface area contributed by atoms with Crippen LogP contribution in [0.2, 0.25) is 0 Å². The number of aryl methyl sites for hydroxylation is 1. The molecule has 3 aromatic carbocycles. The Labute approximate surface area is 176 Å². The van der Waals surface area contributed by atoms with E-state index < -0.39 is 20.9 Å². The van der Waals surface area contributed by atoms with Crippen molar-refractivity contribution in [3.05, 3.63) is 107 Å². The Bertz CT molecular complexity index is 1100. The van der Waals surface area contributed by atoms with E-state index in [1.807, 2.05) is 37.3 Å². The maximum Gasteiger partial charge on any atom is 0.189 e. The van der Waals surface area contributed by atoms with Gasteiger partial charge in [-0.1, -0.05) is 90.0 Å². The van der Waals surface area contributed by atoms with Gasteiger partial charge in [0.2, 0.25) is 0 Å². The van der Waals surface area contributed by atoms with Gasteiger partial charge in [0.05, 0.1) is 4.90 Å². The van der Waals surface area contributed by atoms with E-state index in [2.05, 4.69) is 0 Å². The van der Waals surface area contributed by atoms with Crippen molar-refractivity contribution in [2.75, 3.05) is 0 Å². The molecule has 0 aliphatic heterocycles. The highest BCUT2D eigenvalue weighted by Gasteiger charge is 2.35. The summed E-state index contributed by atoms with van der Waals surface area (Å²) in [4.78, 5) is 13.4. The molecule has 0 spiro atoms. The highest BCUT2D eigenvalue weighted by molar-refractivity contribution is 7.92. The molecule has 3 rings (SSSR count). The van der Waals surface area contributed by atoms with Crippen molar-refractivity contribution in [1.82, 2.24) is 0 Å². The van der Waals surface area contributed by atoms with E-state index in [4.69, 9.17) is 11.6 Å². The number of hydrogen-bond donors (Lipinski definition) is 0. The molecule has 148 valence electrons. The topological polar surface area (TPSA) is 51.2 Å². The molecule has 0 N–H and O–H groups in total. The number of hydrogen-bond acceptors (Lipinski definition) is 3. The summed E-state index contributed by atoms with van der Waals surface area (Å²) in [6.45, 7) is 1.88. The number of ketones is 1. The Balaban J connectivity index is 2.06. The summed E-state index contributed by atoms with van der Waals surface area (Å²) in [5, 5.41) is -1.28. The van der Waals surface area contributed by atoms with Crippen LogP contribution in [0.1, 0.15) is 27.9 Å². The van der Waals surface area contributed by atoms with Crippen LogP contribution in [0.3, 0.4) is 0 Å². The zero-order valence-electron chi connectivity index (χ0n) is 16.0. The quantitative estimate of drug-likeness (QED) is 0.458. The van der Waals surface area contributed by atoms with Crippen LogP contribution in [0, 0.1) is 6.92 Å². The molecule has 1 atom stereocenters. The fourth-order valence-corrected chi connectivity index (χ4v) is 4.98. The van der Waals surface area contributed by atoms with Crippen molar-refractivity contribution < 1.29 is 13.2 Å². The Morgan fingerprint density at radius 2 is 1.38 bits per heavy atom. The predicted molar refractivity (Wildman–Crippen MR) is 118 cm³/mol. The summed E-state index contributed by atoms with van der Waals surface area (Å²) in [5.74, 6) is -0.446. The molecule has 0 saturated carbocycles. The second-order valence-corrected chi connectivity index (χ2v) is 9.13. The smallest absolute Gasteiger partial charge is 0.189 e. The van der Waals surface area contributed by atoms with Crippen LogP contribution >= 0.6 is 11.6 Å². The Morgan fingerprint density at radius 1 is 0.862 bits per heavy atom. The second kappa shape index (κ2) is 9.21. The molecule has 0 saturated heterocycles. The van der Waals surface area contributed by atoms with Gasteiger partial charge in [0.1, 0.15) is 5.25 Å². The van der Waals surface area contributed by atoms with Crippen LogP contribution < -0.4 is 0 Å². The molecule has 5 heteroatoms. The van der Waals surface area contributed by atoms with Crippen LogP contribution in [-0.4, -0.2) is 19.5 Å². The molecule has 0 aliphatic carbocycles. The summed E-state index contributed by atoms with van der Waals surface area (Å²) < 4.78 is 26.9. The number of halogens is 1. The molecule has 3 aromatic rings. The van der Waals surface area contributed by atoms with Gasteiger partial charge < -0.3 is 0 Å². The standard InChI is InChI=1S/C24H21ClO3S/c1-18-12-14-22(15-13-18)29(27,28)23(24(26)20-10-6-3-7-11-20)16-21(17-25)19-8-4-2-5-9-19/h2-15,17,23H,16H2,1H3/b21-17+/t23-/m0/s1. The lowest BCUT2D eigenvalue weighted by Crippen LogP contribution is -2.31. The van der Waals surface area contributed by atoms with Gasteiger partial charge in [0, 0.05) is 11.1 Å². The summed E-state index contributed by atoms with van der Waals surface area (Å²) in [5.41, 5.74) is 4.03. The van der Waals surface area contributed by atoms with E-state index in [0.29, 0.717) is 11.1 Å². The summed E-state index contributed by atoms with van der Waals surface area (Å²) in [7, 11) is -3.93. The largest absolute Gasteiger partial charge is 0.293 e. The van der Waals surface area contributed by atoms with Crippen molar-refractivity contribution in [2.24, 2.45) is 0 Å². The third-order valence-electron chi connectivity index (χ3n) is 4.76. The lowest BCUT2D eigenvalue weighted by atomic mass is 9.98. The first-order chi connectivity index (χ1) is 13.9. The van der Waals surface area contributed by atoms with Crippen molar-refractivity contribution in [2.45, 2.75) is 23.5 Å². The first kappa shape index (κ1) is 21.0. The molecule has 0 heterocycles. The molecule has 29 heavy (non-hydrogen) atoms. The number of rotatable bonds is 7. The molecular formula is C24H21ClO3S. The molecule has 3 nitrogen and oxygen atoms in total. The van der Waals surface area contributed by atoms with Crippen LogP contribution in [0.4, 0.5) is 0 Å². The zero-order valence-corrected chi connectivity index (χ0v) is 17.5. The van der Waals surface area contributed by atoms with Crippen LogP contribution in [0.15, 0.2) is 95.4 Å². The summed E-state index contributed by atoms with van der Waals surface area (Å²) in [6.07, 6.45) is -0.0164. The Morgan fingerprint density at radius 3 is 1.90 bits per heavy atom. The molecule has 0 fully saturated rings. The molecule has 0 unspecified atom stereocenters. The van der Waals surface area contributed by atoms with Crippen molar-refractivity contribution in [3.63, 3.8) is 0 Å². The number of benzene rings is 3. The summed E-state index contributed by atoms with van der Waals surface area (Å²) in [6, 6.07) is 24.3. The van der Waals surface area contributed by atoms with Gasteiger partial charge in [0.15, 0.2) is 15.6 Å². The van der Waals surface area contributed by atoms with Gasteiger partial charge in [-0.3, -0.25) is 4.79 Å². The van der Waals surface area contributed by atoms with Crippen molar-refractivity contribution >= 4 is 32.8 Å². The van der Waals surface area contributed by atoms with E-state index in [-0.39, 0.29) is 11.3 Å². The Hall–Kier alpha value is -2.69. The maximum absolute atomic E-state index is 13.5. The van der Waals surface area contributed by atoms with Crippen LogP contribution in [0.5, 0.6) is 0 Å². The van der Waals surface area contributed by atoms with Crippen molar-refractivity contribution in [1.29, 1.82) is 0 Å². The highest BCUT2D eigenvalue weighted by Crippen LogP contribution is 2.29. The highest BCUT2D eigenvalue weighted by atomic mass is 35.5.